The van der Waals surface area contributed by atoms with Gasteiger partial charge in [0.1, 0.15) is 11.7 Å². The first-order chi connectivity index (χ1) is 15.8. The van der Waals surface area contributed by atoms with Gasteiger partial charge in [0.15, 0.2) is 6.10 Å². The Balaban J connectivity index is 1.57. The van der Waals surface area contributed by atoms with Crippen molar-refractivity contribution in [3.8, 4) is 0 Å². The van der Waals surface area contributed by atoms with Crippen LogP contribution in [0.1, 0.15) is 37.9 Å². The standard InChI is InChI=1S/C27H25FN2O3/c1-27(2,3)18-11-9-17(10-12-18)23-22-24(33-30(23)21-7-5-4-6-8-21)26(32)29(25(22)31)20-15-13-19(28)14-16-20/h4-16,22-24H,1-3H3/t22-,23-,24-/m0/s1. The van der Waals surface area contributed by atoms with Crippen molar-refractivity contribution in [1.82, 2.24) is 0 Å². The molecule has 0 radical (unpaired) electrons. The number of benzene rings is 3. The third-order valence-corrected chi connectivity index (χ3v) is 6.33. The fraction of sp³-hybridized carbons (Fsp3) is 0.259. The Morgan fingerprint density at radius 2 is 1.42 bits per heavy atom. The van der Waals surface area contributed by atoms with Gasteiger partial charge in [-0.25, -0.2) is 14.4 Å². The second-order valence-electron chi connectivity index (χ2n) is 9.52. The van der Waals surface area contributed by atoms with Crippen molar-refractivity contribution >= 4 is 23.2 Å². The Labute approximate surface area is 192 Å². The summed E-state index contributed by atoms with van der Waals surface area (Å²) in [5, 5.41) is 1.68. The molecule has 168 valence electrons. The van der Waals surface area contributed by atoms with Crippen LogP contribution in [0.4, 0.5) is 15.8 Å². The molecule has 0 N–H and O–H groups in total. The van der Waals surface area contributed by atoms with Gasteiger partial charge >= 0.3 is 0 Å². The van der Waals surface area contributed by atoms with E-state index in [0.29, 0.717) is 5.69 Å². The molecule has 0 bridgehead atoms. The summed E-state index contributed by atoms with van der Waals surface area (Å²) in [5.74, 6) is -1.93. The van der Waals surface area contributed by atoms with E-state index in [-0.39, 0.29) is 11.3 Å². The molecule has 0 unspecified atom stereocenters. The largest absolute Gasteiger partial charge is 0.273 e. The molecular weight excluding hydrogens is 419 g/mol. The number of imide groups is 1. The highest BCUT2D eigenvalue weighted by Crippen LogP contribution is 2.47. The van der Waals surface area contributed by atoms with Gasteiger partial charge in [-0.2, -0.15) is 0 Å². The summed E-state index contributed by atoms with van der Waals surface area (Å²) < 4.78 is 13.4. The number of para-hydroxylation sites is 1. The minimum atomic E-state index is -0.949. The van der Waals surface area contributed by atoms with E-state index in [1.54, 1.807) is 5.06 Å². The second-order valence-corrected chi connectivity index (χ2v) is 9.52. The lowest BCUT2D eigenvalue weighted by atomic mass is 9.84. The van der Waals surface area contributed by atoms with E-state index in [9.17, 15) is 14.0 Å². The van der Waals surface area contributed by atoms with Crippen LogP contribution >= 0.6 is 0 Å². The van der Waals surface area contributed by atoms with Crippen molar-refractivity contribution in [2.75, 3.05) is 9.96 Å². The fourth-order valence-electron chi connectivity index (χ4n) is 4.58. The number of amides is 2. The van der Waals surface area contributed by atoms with Crippen LogP contribution in [-0.2, 0) is 19.8 Å². The monoisotopic (exact) mass is 444 g/mol. The number of halogens is 1. The van der Waals surface area contributed by atoms with E-state index in [2.05, 4.69) is 32.9 Å². The van der Waals surface area contributed by atoms with Crippen LogP contribution in [0.3, 0.4) is 0 Å². The zero-order valence-corrected chi connectivity index (χ0v) is 18.7. The molecule has 33 heavy (non-hydrogen) atoms. The number of rotatable bonds is 3. The van der Waals surface area contributed by atoms with Crippen molar-refractivity contribution < 1.29 is 18.8 Å². The minimum Gasteiger partial charge on any atom is -0.273 e. The van der Waals surface area contributed by atoms with Gasteiger partial charge in [-0.05, 0) is 52.9 Å². The quantitative estimate of drug-likeness (QED) is 0.523. The maximum absolute atomic E-state index is 13.6. The Bertz CT molecular complexity index is 1190. The molecule has 2 saturated heterocycles. The lowest BCUT2D eigenvalue weighted by Crippen LogP contribution is -2.37. The van der Waals surface area contributed by atoms with Crippen LogP contribution in [0.25, 0.3) is 0 Å². The normalized spacial score (nSPS) is 22.7. The van der Waals surface area contributed by atoms with E-state index < -0.39 is 29.8 Å². The van der Waals surface area contributed by atoms with Gasteiger partial charge in [-0.15, -0.1) is 0 Å². The van der Waals surface area contributed by atoms with Gasteiger partial charge in [0.05, 0.1) is 17.4 Å². The SMILES string of the molecule is CC(C)(C)c1ccc([C@H]2[C@@H]3C(=O)N(c4ccc(F)cc4)C(=O)[C@H]3ON2c2ccccc2)cc1. The molecule has 5 rings (SSSR count). The first-order valence-corrected chi connectivity index (χ1v) is 11.0. The average molecular weight is 445 g/mol. The Kier molecular flexibility index (Phi) is 5.05. The van der Waals surface area contributed by atoms with Crippen molar-refractivity contribution in [2.24, 2.45) is 5.92 Å². The van der Waals surface area contributed by atoms with Crippen LogP contribution in [0.5, 0.6) is 0 Å². The predicted molar refractivity (Wildman–Crippen MR) is 124 cm³/mol. The van der Waals surface area contributed by atoms with Crippen molar-refractivity contribution in [1.29, 1.82) is 0 Å². The molecule has 6 heteroatoms. The number of hydrogen-bond donors (Lipinski definition) is 0. The topological polar surface area (TPSA) is 49.9 Å². The molecule has 0 aromatic heterocycles. The second kappa shape index (κ2) is 7.81. The third-order valence-electron chi connectivity index (χ3n) is 6.33. The van der Waals surface area contributed by atoms with Crippen LogP contribution in [0, 0.1) is 11.7 Å². The lowest BCUT2D eigenvalue weighted by molar-refractivity contribution is -0.126. The molecule has 2 fully saturated rings. The first kappa shape index (κ1) is 21.3. The molecule has 2 aliphatic rings. The van der Waals surface area contributed by atoms with Crippen LogP contribution in [0.15, 0.2) is 78.9 Å². The molecule has 0 saturated carbocycles. The van der Waals surface area contributed by atoms with Gasteiger partial charge in [0.2, 0.25) is 5.91 Å². The Morgan fingerprint density at radius 1 is 0.788 bits per heavy atom. The molecular formula is C27H25FN2O3. The van der Waals surface area contributed by atoms with Gasteiger partial charge in [-0.3, -0.25) is 14.4 Å². The summed E-state index contributed by atoms with van der Waals surface area (Å²) in [4.78, 5) is 34.1. The molecule has 3 atom stereocenters. The summed E-state index contributed by atoms with van der Waals surface area (Å²) in [6.07, 6.45) is -0.949. The van der Waals surface area contributed by atoms with E-state index >= 15 is 0 Å². The maximum atomic E-state index is 13.6. The van der Waals surface area contributed by atoms with Gasteiger partial charge in [0, 0.05) is 0 Å². The van der Waals surface area contributed by atoms with E-state index in [1.165, 1.54) is 29.8 Å². The highest BCUT2D eigenvalue weighted by molar-refractivity contribution is 6.23. The van der Waals surface area contributed by atoms with Crippen molar-refractivity contribution in [3.05, 3.63) is 95.8 Å². The smallest absolute Gasteiger partial charge is 0.266 e. The molecule has 2 amide bonds. The molecule has 3 aromatic carbocycles. The molecule has 3 aromatic rings. The number of nitrogens with zero attached hydrogens (tertiary/aromatic N) is 2. The zero-order valence-electron chi connectivity index (χ0n) is 18.7. The number of hydrogen-bond acceptors (Lipinski definition) is 4. The number of carbonyl (C=O) groups is 2. The maximum Gasteiger partial charge on any atom is 0.266 e. The van der Waals surface area contributed by atoms with Crippen LogP contribution in [-0.4, -0.2) is 17.9 Å². The number of hydroxylamine groups is 1. The molecule has 0 aliphatic carbocycles. The summed E-state index contributed by atoms with van der Waals surface area (Å²) >= 11 is 0. The Hall–Kier alpha value is -3.51. The summed E-state index contributed by atoms with van der Waals surface area (Å²) in [7, 11) is 0. The highest BCUT2D eigenvalue weighted by Gasteiger charge is 2.60. The lowest BCUT2D eigenvalue weighted by Gasteiger charge is -2.29. The van der Waals surface area contributed by atoms with Crippen molar-refractivity contribution in [3.63, 3.8) is 0 Å². The van der Waals surface area contributed by atoms with E-state index in [4.69, 9.17) is 4.84 Å². The average Bonchev–Trinajstić information content (AvgIpc) is 3.31. The fourth-order valence-corrected chi connectivity index (χ4v) is 4.58. The van der Waals surface area contributed by atoms with Gasteiger partial charge in [-0.1, -0.05) is 63.2 Å². The van der Waals surface area contributed by atoms with E-state index in [1.807, 2.05) is 42.5 Å². The molecule has 2 aliphatic heterocycles. The number of carbonyl (C=O) groups excluding carboxylic acids is 2. The summed E-state index contributed by atoms with van der Waals surface area (Å²) in [6, 6.07) is 22.5. The molecule has 2 heterocycles. The predicted octanol–water partition coefficient (Wildman–Crippen LogP) is 5.17. The highest BCUT2D eigenvalue weighted by atomic mass is 19.1. The molecule has 5 nitrogen and oxygen atoms in total. The van der Waals surface area contributed by atoms with Crippen LogP contribution in [0.2, 0.25) is 0 Å². The first-order valence-electron chi connectivity index (χ1n) is 11.0. The summed E-state index contributed by atoms with van der Waals surface area (Å²) in [5.41, 5.74) is 3.17. The molecule has 0 spiro atoms. The Morgan fingerprint density at radius 3 is 2.03 bits per heavy atom. The minimum absolute atomic E-state index is 0.00904. The number of fused-ring (bicyclic) bond motifs is 1. The zero-order chi connectivity index (χ0) is 23.3. The van der Waals surface area contributed by atoms with Gasteiger partial charge in [0.25, 0.3) is 5.91 Å². The number of anilines is 2. The van der Waals surface area contributed by atoms with Gasteiger partial charge < -0.3 is 0 Å². The van der Waals surface area contributed by atoms with E-state index in [0.717, 1.165) is 16.2 Å². The van der Waals surface area contributed by atoms with Crippen LogP contribution < -0.4 is 9.96 Å². The third kappa shape index (κ3) is 3.60. The summed E-state index contributed by atoms with van der Waals surface area (Å²) in [6.45, 7) is 6.44. The van der Waals surface area contributed by atoms with Crippen molar-refractivity contribution in [2.45, 2.75) is 38.3 Å².